The van der Waals surface area contributed by atoms with Crippen molar-refractivity contribution in [3.8, 4) is 0 Å². The van der Waals surface area contributed by atoms with E-state index in [-0.39, 0.29) is 24.9 Å². The molecule has 1 aliphatic heterocycles. The fourth-order valence-electron chi connectivity index (χ4n) is 4.17. The first kappa shape index (κ1) is 28.3. The highest BCUT2D eigenvalue weighted by molar-refractivity contribution is 5.85. The van der Waals surface area contributed by atoms with Crippen LogP contribution >= 0.6 is 0 Å². The van der Waals surface area contributed by atoms with Gasteiger partial charge in [0.2, 0.25) is 18.2 Å². The average molecular weight is 485 g/mol. The van der Waals surface area contributed by atoms with Gasteiger partial charge in [-0.1, -0.05) is 56.3 Å². The van der Waals surface area contributed by atoms with Crippen LogP contribution in [-0.4, -0.2) is 66.6 Å². The molecule has 0 spiro atoms. The van der Waals surface area contributed by atoms with Gasteiger partial charge in [0, 0.05) is 38.5 Å². The first-order chi connectivity index (χ1) is 16.9. The number of nitrogens with zero attached hydrogens (tertiary/aromatic N) is 1. The maximum absolute atomic E-state index is 12.1. The van der Waals surface area contributed by atoms with Gasteiger partial charge in [0.1, 0.15) is 6.04 Å². The lowest BCUT2D eigenvalue weighted by Gasteiger charge is -2.20. The highest BCUT2D eigenvalue weighted by atomic mass is 16.3. The van der Waals surface area contributed by atoms with Crippen LogP contribution in [0.1, 0.15) is 45.1 Å². The van der Waals surface area contributed by atoms with Crippen molar-refractivity contribution in [1.82, 2.24) is 15.5 Å². The van der Waals surface area contributed by atoms with Crippen molar-refractivity contribution < 1.29 is 19.5 Å². The summed E-state index contributed by atoms with van der Waals surface area (Å²) < 4.78 is 0. The van der Waals surface area contributed by atoms with Crippen LogP contribution in [0.15, 0.2) is 42.5 Å². The van der Waals surface area contributed by atoms with Crippen molar-refractivity contribution in [3.63, 3.8) is 0 Å². The molecule has 0 saturated carbocycles. The number of likely N-dealkylation sites (tertiary alicyclic amines) is 1. The third-order valence-corrected chi connectivity index (χ3v) is 6.38. The Labute approximate surface area is 208 Å². The van der Waals surface area contributed by atoms with Gasteiger partial charge in [-0.15, -0.1) is 0 Å². The van der Waals surface area contributed by atoms with Crippen molar-refractivity contribution in [3.05, 3.63) is 48.0 Å². The normalized spacial score (nSPS) is 14.7. The van der Waals surface area contributed by atoms with Gasteiger partial charge in [0.05, 0.1) is 6.10 Å². The maximum atomic E-state index is 12.1. The lowest BCUT2D eigenvalue weighted by Crippen LogP contribution is -2.47. The molecular formula is C27H40N4O4. The highest BCUT2D eigenvalue weighted by Crippen LogP contribution is 2.17. The van der Waals surface area contributed by atoms with Crippen molar-refractivity contribution in [2.75, 3.05) is 26.2 Å². The molecule has 0 bridgehead atoms. The Morgan fingerprint density at radius 3 is 2.34 bits per heavy atom. The Hall–Kier alpha value is -2.97. The molecule has 5 N–H and O–H groups in total. The number of hydrogen-bond acceptors (Lipinski definition) is 5. The van der Waals surface area contributed by atoms with Crippen molar-refractivity contribution in [1.29, 1.82) is 0 Å². The summed E-state index contributed by atoms with van der Waals surface area (Å²) in [6.45, 7) is 6.32. The van der Waals surface area contributed by atoms with Crippen LogP contribution in [0.3, 0.4) is 0 Å². The number of nitrogens with two attached hydrogens (primary N) is 1. The molecule has 1 saturated heterocycles. The molecule has 3 amide bonds. The Morgan fingerprint density at radius 1 is 1.09 bits per heavy atom. The molecule has 3 rings (SSSR count). The first-order valence-corrected chi connectivity index (χ1v) is 12.5. The predicted octanol–water partition coefficient (Wildman–Crippen LogP) is 1.98. The highest BCUT2D eigenvalue weighted by Gasteiger charge is 2.23. The Kier molecular flexibility index (Phi) is 12.2. The number of nitrogens with one attached hydrogen (secondary N) is 2. The molecule has 35 heavy (non-hydrogen) atoms. The second-order valence-electron chi connectivity index (χ2n) is 8.90. The number of rotatable bonds is 11. The van der Waals surface area contributed by atoms with E-state index >= 15 is 0 Å². The molecule has 8 heteroatoms. The number of amides is 3. The summed E-state index contributed by atoms with van der Waals surface area (Å²) in [5.41, 5.74) is 6.24. The van der Waals surface area contributed by atoms with Crippen LogP contribution in [0, 0.1) is 5.92 Å². The quantitative estimate of drug-likeness (QED) is 0.363. The summed E-state index contributed by atoms with van der Waals surface area (Å²) in [7, 11) is 0. The summed E-state index contributed by atoms with van der Waals surface area (Å²) in [5, 5.41) is 16.7. The maximum Gasteiger partial charge on any atom is 0.243 e. The summed E-state index contributed by atoms with van der Waals surface area (Å²) in [6.07, 6.45) is 4.46. The lowest BCUT2D eigenvalue weighted by atomic mass is 10.0. The van der Waals surface area contributed by atoms with Gasteiger partial charge in [-0.05, 0) is 42.0 Å². The molecule has 2 aromatic rings. The van der Waals surface area contributed by atoms with E-state index in [0.717, 1.165) is 42.3 Å². The predicted molar refractivity (Wildman–Crippen MR) is 139 cm³/mol. The van der Waals surface area contributed by atoms with Crippen molar-refractivity contribution in [2.45, 2.75) is 58.1 Å². The zero-order valence-corrected chi connectivity index (χ0v) is 20.9. The number of carbonyl (C=O) groups excluding carboxylic acids is 3. The number of hydrogen-bond donors (Lipinski definition) is 4. The van der Waals surface area contributed by atoms with Crippen LogP contribution in [0.25, 0.3) is 10.8 Å². The van der Waals surface area contributed by atoms with E-state index in [1.165, 1.54) is 12.8 Å². The number of carbonyl (C=O) groups is 3. The zero-order valence-electron chi connectivity index (χ0n) is 20.9. The average Bonchev–Trinajstić information content (AvgIpc) is 3.43. The van der Waals surface area contributed by atoms with Crippen molar-refractivity contribution in [2.24, 2.45) is 11.7 Å². The number of fused-ring (bicyclic) bond motifs is 1. The molecular weight excluding hydrogens is 444 g/mol. The van der Waals surface area contributed by atoms with Crippen LogP contribution < -0.4 is 16.4 Å². The largest absolute Gasteiger partial charge is 0.390 e. The van der Waals surface area contributed by atoms with Gasteiger partial charge in [0.15, 0.2) is 0 Å². The minimum atomic E-state index is -0.795. The van der Waals surface area contributed by atoms with E-state index in [9.17, 15) is 19.5 Å². The van der Waals surface area contributed by atoms with E-state index < -0.39 is 12.1 Å². The molecule has 8 nitrogen and oxygen atoms in total. The van der Waals surface area contributed by atoms with Gasteiger partial charge in [-0.3, -0.25) is 14.4 Å². The molecule has 1 fully saturated rings. The molecule has 192 valence electrons. The summed E-state index contributed by atoms with van der Waals surface area (Å²) in [5.74, 6) is 0.318. The number of aliphatic hydroxyl groups excluding tert-OH is 1. The van der Waals surface area contributed by atoms with E-state index in [2.05, 4.69) is 24.5 Å². The van der Waals surface area contributed by atoms with Crippen LogP contribution in [0.2, 0.25) is 0 Å². The Morgan fingerprint density at radius 2 is 1.74 bits per heavy atom. The van der Waals surface area contributed by atoms with Crippen LogP contribution in [0.4, 0.5) is 0 Å². The van der Waals surface area contributed by atoms with Gasteiger partial charge in [-0.2, -0.15) is 0 Å². The monoisotopic (exact) mass is 484 g/mol. The fraction of sp³-hybridized carbons (Fsp3) is 0.519. The minimum Gasteiger partial charge on any atom is -0.390 e. The van der Waals surface area contributed by atoms with E-state index in [4.69, 9.17) is 5.73 Å². The van der Waals surface area contributed by atoms with Crippen LogP contribution in [-0.2, 0) is 20.8 Å². The summed E-state index contributed by atoms with van der Waals surface area (Å²) >= 11 is 0. The third-order valence-electron chi connectivity index (χ3n) is 6.38. The van der Waals surface area contributed by atoms with Gasteiger partial charge in [0.25, 0.3) is 0 Å². The van der Waals surface area contributed by atoms with Crippen molar-refractivity contribution >= 4 is 29.0 Å². The molecule has 2 aromatic carbocycles. The molecule has 2 atom stereocenters. The summed E-state index contributed by atoms with van der Waals surface area (Å²) in [6, 6.07) is 13.2. The van der Waals surface area contributed by atoms with E-state index in [1.54, 1.807) is 0 Å². The number of aliphatic hydroxyl groups is 1. The number of benzene rings is 2. The standard InChI is InChI=1S/C17H21N3O3.C10H19NO/c18-9-15(22)10-19-17(23)16(20-11-21)8-12-5-6-13-3-1-2-4-14(13)7-12;1-3-9(4-2)10(12)11-7-5-6-8-11/h1-7,11,15-16,22H,8-10,18H2,(H,19,23)(H,20,21);9H,3-8H2,1-2H3. The third kappa shape index (κ3) is 8.96. The molecule has 0 aliphatic carbocycles. The molecule has 1 heterocycles. The second kappa shape index (κ2) is 15.1. The van der Waals surface area contributed by atoms with E-state index in [0.29, 0.717) is 18.7 Å². The first-order valence-electron chi connectivity index (χ1n) is 12.5. The second-order valence-corrected chi connectivity index (χ2v) is 8.90. The SMILES string of the molecule is CCC(CC)C(=O)N1CCCC1.NCC(O)CNC(=O)C(Cc1ccc2ccccc2c1)NC=O. The van der Waals surface area contributed by atoms with E-state index in [1.807, 2.05) is 47.4 Å². The molecule has 1 aliphatic rings. The lowest BCUT2D eigenvalue weighted by molar-refractivity contribution is -0.134. The minimum absolute atomic E-state index is 0.0596. The fourth-order valence-corrected chi connectivity index (χ4v) is 4.17. The molecule has 0 aromatic heterocycles. The van der Waals surface area contributed by atoms with Gasteiger partial charge in [-0.25, -0.2) is 0 Å². The van der Waals surface area contributed by atoms with Gasteiger partial charge >= 0.3 is 0 Å². The topological polar surface area (TPSA) is 125 Å². The Bertz CT molecular complexity index is 938. The molecule has 0 radical (unpaired) electrons. The van der Waals surface area contributed by atoms with Crippen LogP contribution in [0.5, 0.6) is 0 Å². The zero-order chi connectivity index (χ0) is 25.6. The summed E-state index contributed by atoms with van der Waals surface area (Å²) in [4.78, 5) is 36.7. The smallest absolute Gasteiger partial charge is 0.243 e. The molecule has 2 unspecified atom stereocenters. The Balaban J connectivity index is 0.000000303. The van der Waals surface area contributed by atoms with Gasteiger partial charge < -0.3 is 26.4 Å².